The lowest BCUT2D eigenvalue weighted by atomic mass is 9.81. The van der Waals surface area contributed by atoms with Gasteiger partial charge in [0, 0.05) is 49.2 Å². The fourth-order valence-electron chi connectivity index (χ4n) is 4.69. The molecular weight excluding hydrogens is 412 g/mol. The highest BCUT2D eigenvalue weighted by Crippen LogP contribution is 2.36. The van der Waals surface area contributed by atoms with Gasteiger partial charge >= 0.3 is 5.97 Å². The number of aromatic amines is 1. The van der Waals surface area contributed by atoms with Crippen LogP contribution in [-0.2, 0) is 9.53 Å². The zero-order valence-electron chi connectivity index (χ0n) is 17.7. The zero-order chi connectivity index (χ0) is 22.2. The summed E-state index contributed by atoms with van der Waals surface area (Å²) in [7, 11) is 1.43. The summed E-state index contributed by atoms with van der Waals surface area (Å²) in [5, 5.41) is 9.65. The maximum absolute atomic E-state index is 13.0. The Morgan fingerprint density at radius 3 is 2.66 bits per heavy atom. The van der Waals surface area contributed by atoms with Gasteiger partial charge in [-0.15, -0.1) is 5.10 Å². The third-order valence-electron chi connectivity index (χ3n) is 6.66. The molecule has 1 N–H and O–H groups in total. The van der Waals surface area contributed by atoms with E-state index in [4.69, 9.17) is 4.74 Å². The van der Waals surface area contributed by atoms with Gasteiger partial charge in [-0.05, 0) is 31.7 Å². The molecule has 3 aromatic rings. The largest absolute Gasteiger partial charge is 0.469 e. The fraction of sp³-hybridized carbons (Fsp3) is 0.455. The lowest BCUT2D eigenvalue weighted by Gasteiger charge is -2.39. The van der Waals surface area contributed by atoms with E-state index in [-0.39, 0.29) is 29.4 Å². The van der Waals surface area contributed by atoms with Gasteiger partial charge in [0.25, 0.3) is 11.5 Å². The Labute approximate surface area is 183 Å². The van der Waals surface area contributed by atoms with Crippen LogP contribution in [0.1, 0.15) is 53.7 Å². The molecule has 10 nitrogen and oxygen atoms in total. The van der Waals surface area contributed by atoms with Crippen molar-refractivity contribution in [1.29, 1.82) is 0 Å². The van der Waals surface area contributed by atoms with Crippen LogP contribution >= 0.6 is 0 Å². The van der Waals surface area contributed by atoms with Crippen molar-refractivity contribution >= 4 is 22.6 Å². The zero-order valence-corrected chi connectivity index (χ0v) is 17.7. The molecule has 32 heavy (non-hydrogen) atoms. The normalized spacial score (nSPS) is 21.3. The van der Waals surface area contributed by atoms with Crippen molar-refractivity contribution in [2.45, 2.75) is 37.6 Å². The number of nitrogens with one attached hydrogen (secondary N) is 1. The van der Waals surface area contributed by atoms with E-state index in [1.807, 2.05) is 10.9 Å². The SMILES string of the molecule is COC(=O)C1CCC(c2cn(C3CN(C(=O)c4cncc5c(=O)[nH]ccc45)C3)nn2)CC1. The quantitative estimate of drug-likeness (QED) is 0.617. The first-order chi connectivity index (χ1) is 15.5. The van der Waals surface area contributed by atoms with Crippen molar-refractivity contribution in [2.75, 3.05) is 20.2 Å². The van der Waals surface area contributed by atoms with Crippen LogP contribution in [-0.4, -0.2) is 61.9 Å². The molecule has 0 bridgehead atoms. The van der Waals surface area contributed by atoms with Gasteiger partial charge in [0.2, 0.25) is 0 Å². The minimum Gasteiger partial charge on any atom is -0.469 e. The maximum atomic E-state index is 13.0. The Morgan fingerprint density at radius 1 is 1.12 bits per heavy atom. The summed E-state index contributed by atoms with van der Waals surface area (Å²) in [6, 6.07) is 1.79. The van der Waals surface area contributed by atoms with E-state index >= 15 is 0 Å². The molecule has 2 aliphatic rings. The first-order valence-corrected chi connectivity index (χ1v) is 10.8. The van der Waals surface area contributed by atoms with Crippen LogP contribution in [0.4, 0.5) is 0 Å². The highest BCUT2D eigenvalue weighted by molar-refractivity contribution is 6.06. The summed E-state index contributed by atoms with van der Waals surface area (Å²) >= 11 is 0. The third kappa shape index (κ3) is 3.55. The molecule has 2 fully saturated rings. The Hall–Kier alpha value is -3.56. The van der Waals surface area contributed by atoms with Crippen LogP contribution in [0, 0.1) is 5.92 Å². The van der Waals surface area contributed by atoms with E-state index in [0.29, 0.717) is 35.3 Å². The summed E-state index contributed by atoms with van der Waals surface area (Å²) < 4.78 is 6.69. The lowest BCUT2D eigenvalue weighted by Crippen LogP contribution is -2.51. The average molecular weight is 436 g/mol. The molecule has 5 rings (SSSR count). The van der Waals surface area contributed by atoms with Crippen molar-refractivity contribution in [3.05, 3.63) is 52.5 Å². The van der Waals surface area contributed by atoms with E-state index < -0.39 is 0 Å². The van der Waals surface area contributed by atoms with Crippen LogP contribution in [0.15, 0.2) is 35.6 Å². The van der Waals surface area contributed by atoms with Crippen molar-refractivity contribution in [2.24, 2.45) is 5.92 Å². The monoisotopic (exact) mass is 436 g/mol. The van der Waals surface area contributed by atoms with Gasteiger partial charge in [0.05, 0.1) is 35.7 Å². The predicted octanol–water partition coefficient (Wildman–Crippen LogP) is 1.66. The first kappa shape index (κ1) is 20.3. The Bertz CT molecular complexity index is 1220. The molecule has 166 valence electrons. The van der Waals surface area contributed by atoms with E-state index in [2.05, 4.69) is 20.3 Å². The van der Waals surface area contributed by atoms with Gasteiger partial charge in [-0.25, -0.2) is 4.68 Å². The summed E-state index contributed by atoms with van der Waals surface area (Å²) in [5.74, 6) is 0.00251. The molecule has 1 aliphatic carbocycles. The van der Waals surface area contributed by atoms with E-state index in [1.165, 1.54) is 25.7 Å². The second-order valence-electron chi connectivity index (χ2n) is 8.51. The number of fused-ring (bicyclic) bond motifs is 1. The van der Waals surface area contributed by atoms with Gasteiger partial charge in [-0.1, -0.05) is 5.21 Å². The molecule has 0 spiro atoms. The molecular formula is C22H24N6O4. The first-order valence-electron chi connectivity index (χ1n) is 10.8. The van der Waals surface area contributed by atoms with E-state index in [9.17, 15) is 14.4 Å². The van der Waals surface area contributed by atoms with Crippen molar-refractivity contribution < 1.29 is 14.3 Å². The molecule has 10 heteroatoms. The van der Waals surface area contributed by atoms with Gasteiger partial charge in [0.1, 0.15) is 0 Å². The molecule has 0 atom stereocenters. The highest BCUT2D eigenvalue weighted by Gasteiger charge is 2.35. The minimum atomic E-state index is -0.262. The van der Waals surface area contributed by atoms with Gasteiger partial charge in [-0.3, -0.25) is 19.4 Å². The molecule has 3 aromatic heterocycles. The summed E-state index contributed by atoms with van der Waals surface area (Å²) in [6.45, 7) is 1.05. The number of carbonyl (C=O) groups excluding carboxylic acids is 2. The third-order valence-corrected chi connectivity index (χ3v) is 6.66. The van der Waals surface area contributed by atoms with Gasteiger partial charge in [-0.2, -0.15) is 0 Å². The molecule has 1 amide bonds. The molecule has 0 aromatic carbocycles. The van der Waals surface area contributed by atoms with Crippen molar-refractivity contribution in [3.63, 3.8) is 0 Å². The van der Waals surface area contributed by atoms with Crippen LogP contribution in [0.2, 0.25) is 0 Å². The van der Waals surface area contributed by atoms with Gasteiger partial charge in [0.15, 0.2) is 0 Å². The molecule has 0 radical (unpaired) electrons. The topological polar surface area (TPSA) is 123 Å². The molecule has 1 saturated carbocycles. The Kier molecular flexibility index (Phi) is 5.20. The number of nitrogens with zero attached hydrogens (tertiary/aromatic N) is 5. The standard InChI is InChI=1S/C22H24N6O4/c1-32-22(31)14-4-2-13(3-5-14)19-12-28(26-25-19)15-10-27(11-15)21(30)18-9-23-8-17-16(18)6-7-24-20(17)29/h6-9,12-15H,2-5,10-11H2,1H3,(H,24,29). The second kappa shape index (κ2) is 8.18. The Balaban J connectivity index is 1.22. The van der Waals surface area contributed by atoms with Crippen LogP contribution in [0.3, 0.4) is 0 Å². The van der Waals surface area contributed by atoms with Crippen LogP contribution in [0.25, 0.3) is 10.8 Å². The molecule has 0 unspecified atom stereocenters. The van der Waals surface area contributed by atoms with E-state index in [0.717, 1.165) is 31.4 Å². The number of aromatic nitrogens is 5. The lowest BCUT2D eigenvalue weighted by molar-refractivity contribution is -0.146. The minimum absolute atomic E-state index is 0.0170. The summed E-state index contributed by atoms with van der Waals surface area (Å²) in [4.78, 5) is 45.1. The van der Waals surface area contributed by atoms with Crippen molar-refractivity contribution in [1.82, 2.24) is 29.9 Å². The number of esters is 1. The number of pyridine rings is 2. The van der Waals surface area contributed by atoms with Gasteiger partial charge < -0.3 is 14.6 Å². The number of rotatable bonds is 4. The number of carbonyl (C=O) groups is 2. The highest BCUT2D eigenvalue weighted by atomic mass is 16.5. The molecule has 1 aliphatic heterocycles. The number of methoxy groups -OCH3 is 1. The van der Waals surface area contributed by atoms with Crippen molar-refractivity contribution in [3.8, 4) is 0 Å². The summed E-state index contributed by atoms with van der Waals surface area (Å²) in [5.41, 5.74) is 1.10. The number of likely N-dealkylation sites (tertiary alicyclic amines) is 1. The molecule has 4 heterocycles. The second-order valence-corrected chi connectivity index (χ2v) is 8.51. The number of amides is 1. The van der Waals surface area contributed by atoms with Crippen LogP contribution < -0.4 is 5.56 Å². The number of H-pyrrole nitrogens is 1. The molecule has 1 saturated heterocycles. The number of hydrogen-bond acceptors (Lipinski definition) is 7. The number of ether oxygens (including phenoxy) is 1. The predicted molar refractivity (Wildman–Crippen MR) is 114 cm³/mol. The average Bonchev–Trinajstić information content (AvgIpc) is 3.27. The van der Waals surface area contributed by atoms with E-state index in [1.54, 1.807) is 11.0 Å². The fourth-order valence-corrected chi connectivity index (χ4v) is 4.69. The number of hydrogen-bond donors (Lipinski definition) is 1. The smallest absolute Gasteiger partial charge is 0.308 e. The summed E-state index contributed by atoms with van der Waals surface area (Å²) in [6.07, 6.45) is 9.87. The maximum Gasteiger partial charge on any atom is 0.308 e. The Morgan fingerprint density at radius 2 is 1.91 bits per heavy atom. The van der Waals surface area contributed by atoms with Crippen LogP contribution in [0.5, 0.6) is 0 Å².